The van der Waals surface area contributed by atoms with Gasteiger partial charge in [0.15, 0.2) is 5.82 Å². The van der Waals surface area contributed by atoms with Crippen molar-refractivity contribution >= 4 is 11.3 Å². The van der Waals surface area contributed by atoms with Gasteiger partial charge >= 0.3 is 0 Å². The van der Waals surface area contributed by atoms with E-state index in [1.807, 2.05) is 36.7 Å². The second-order valence-corrected chi connectivity index (χ2v) is 9.51. The van der Waals surface area contributed by atoms with Gasteiger partial charge in [0, 0.05) is 36.6 Å². The predicted octanol–water partition coefficient (Wildman–Crippen LogP) is 4.39. The molecule has 168 valence electrons. The summed E-state index contributed by atoms with van der Waals surface area (Å²) < 4.78 is 16.4. The highest BCUT2D eigenvalue weighted by Crippen LogP contribution is 2.51. The lowest BCUT2D eigenvalue weighted by atomic mass is 9.73. The van der Waals surface area contributed by atoms with Crippen molar-refractivity contribution in [2.24, 2.45) is 11.1 Å². The van der Waals surface area contributed by atoms with Crippen LogP contribution in [0.2, 0.25) is 0 Å². The molecular formula is C26H27FN6. The number of piperidine rings is 1. The second-order valence-electron chi connectivity index (χ2n) is 9.51. The van der Waals surface area contributed by atoms with Crippen LogP contribution < -0.4 is 10.6 Å². The lowest BCUT2D eigenvalue weighted by Crippen LogP contribution is -2.44. The van der Waals surface area contributed by atoms with Crippen molar-refractivity contribution in [2.75, 3.05) is 18.0 Å². The van der Waals surface area contributed by atoms with Gasteiger partial charge in [-0.1, -0.05) is 12.1 Å². The summed E-state index contributed by atoms with van der Waals surface area (Å²) in [4.78, 5) is 11.8. The van der Waals surface area contributed by atoms with Crippen LogP contribution in [0.25, 0.3) is 16.8 Å². The maximum atomic E-state index is 14.6. The van der Waals surface area contributed by atoms with Gasteiger partial charge in [0.2, 0.25) is 0 Å². The number of anilines is 1. The topological polar surface area (TPSA) is 72.3 Å². The Labute approximate surface area is 192 Å². The largest absolute Gasteiger partial charge is 0.355 e. The highest BCUT2D eigenvalue weighted by atomic mass is 19.1. The molecule has 6 nitrogen and oxygen atoms in total. The quantitative estimate of drug-likeness (QED) is 0.499. The first-order chi connectivity index (χ1) is 16.0. The van der Waals surface area contributed by atoms with Crippen molar-refractivity contribution in [3.63, 3.8) is 0 Å². The first kappa shape index (κ1) is 20.3. The van der Waals surface area contributed by atoms with E-state index < -0.39 is 0 Å². The zero-order valence-electron chi connectivity index (χ0n) is 18.9. The van der Waals surface area contributed by atoms with E-state index >= 15 is 0 Å². The second kappa shape index (κ2) is 7.35. The summed E-state index contributed by atoms with van der Waals surface area (Å²) in [5.74, 6) is 0.632. The van der Waals surface area contributed by atoms with Crippen LogP contribution >= 0.6 is 0 Å². The molecule has 1 aliphatic heterocycles. The molecule has 1 fully saturated rings. The normalized spacial score (nSPS) is 19.4. The molecule has 7 heteroatoms. The third kappa shape index (κ3) is 3.06. The average Bonchev–Trinajstić information content (AvgIpc) is 3.38. The van der Waals surface area contributed by atoms with E-state index in [-0.39, 0.29) is 17.3 Å². The zero-order valence-corrected chi connectivity index (χ0v) is 18.9. The highest BCUT2D eigenvalue weighted by Gasteiger charge is 2.46. The number of halogens is 1. The van der Waals surface area contributed by atoms with Crippen molar-refractivity contribution in [3.05, 3.63) is 77.1 Å². The number of aryl methyl sites for hydroxylation is 2. The number of rotatable bonds is 2. The number of hydrogen-bond acceptors (Lipinski definition) is 5. The Balaban J connectivity index is 1.33. The van der Waals surface area contributed by atoms with Crippen molar-refractivity contribution < 1.29 is 4.39 Å². The van der Waals surface area contributed by atoms with E-state index in [2.05, 4.69) is 21.0 Å². The molecule has 2 aliphatic rings. The number of nitrogens with zero attached hydrogens (tertiary/aromatic N) is 5. The molecule has 1 spiro atoms. The van der Waals surface area contributed by atoms with Crippen LogP contribution in [0.5, 0.6) is 0 Å². The molecule has 0 bridgehead atoms. The van der Waals surface area contributed by atoms with Crippen LogP contribution in [0.15, 0.2) is 48.8 Å². The maximum absolute atomic E-state index is 14.6. The lowest BCUT2D eigenvalue weighted by Gasteiger charge is -2.42. The summed E-state index contributed by atoms with van der Waals surface area (Å²) in [6.07, 6.45) is 6.74. The number of fused-ring (bicyclic) bond motifs is 2. The number of pyridine rings is 1. The average molecular weight is 443 g/mol. The summed E-state index contributed by atoms with van der Waals surface area (Å²) >= 11 is 0. The number of benzene rings is 1. The van der Waals surface area contributed by atoms with Gasteiger partial charge in [0.05, 0.1) is 17.6 Å². The Morgan fingerprint density at radius 3 is 2.70 bits per heavy atom. The summed E-state index contributed by atoms with van der Waals surface area (Å²) in [5, 5.41) is 4.53. The molecule has 1 saturated heterocycles. The third-order valence-electron chi connectivity index (χ3n) is 7.59. The molecule has 2 N–H and O–H groups in total. The molecular weight excluding hydrogens is 415 g/mol. The molecule has 0 unspecified atom stereocenters. The van der Waals surface area contributed by atoms with Crippen LogP contribution in [0.4, 0.5) is 10.2 Å². The van der Waals surface area contributed by atoms with Gasteiger partial charge in [-0.25, -0.2) is 13.9 Å². The third-order valence-corrected chi connectivity index (χ3v) is 7.59. The lowest BCUT2D eigenvalue weighted by molar-refractivity contribution is 0.187. The molecule has 6 rings (SSSR count). The van der Waals surface area contributed by atoms with E-state index in [4.69, 9.17) is 10.7 Å². The minimum absolute atomic E-state index is 0.0239. The highest BCUT2D eigenvalue weighted by molar-refractivity contribution is 5.75. The summed E-state index contributed by atoms with van der Waals surface area (Å²) in [7, 11) is 0. The minimum atomic E-state index is -0.272. The summed E-state index contributed by atoms with van der Waals surface area (Å²) in [5.41, 5.74) is 13.3. The SMILES string of the molecule is Cc1cc2c(cn1)[C@@H](N)C1(CCN(c3nc(C)c(-c4ccccc4F)n4nccc34)CC1)C2. The number of hydrogen-bond donors (Lipinski definition) is 1. The molecule has 0 radical (unpaired) electrons. The molecule has 4 heterocycles. The van der Waals surface area contributed by atoms with E-state index in [0.717, 1.165) is 55.1 Å². The van der Waals surface area contributed by atoms with Gasteiger partial charge in [0.25, 0.3) is 0 Å². The van der Waals surface area contributed by atoms with E-state index in [1.54, 1.807) is 18.3 Å². The monoisotopic (exact) mass is 442 g/mol. The van der Waals surface area contributed by atoms with Gasteiger partial charge in [-0.15, -0.1) is 0 Å². The number of aromatic nitrogens is 4. The van der Waals surface area contributed by atoms with Crippen molar-refractivity contribution in [1.82, 2.24) is 19.6 Å². The van der Waals surface area contributed by atoms with Gasteiger partial charge in [0.1, 0.15) is 11.3 Å². The Bertz CT molecular complexity index is 1370. The molecule has 1 atom stereocenters. The van der Waals surface area contributed by atoms with Crippen LogP contribution in [-0.4, -0.2) is 32.7 Å². The van der Waals surface area contributed by atoms with Crippen molar-refractivity contribution in [3.8, 4) is 11.3 Å². The Morgan fingerprint density at radius 1 is 1.12 bits per heavy atom. The maximum Gasteiger partial charge on any atom is 0.155 e. The van der Waals surface area contributed by atoms with E-state index in [1.165, 1.54) is 17.2 Å². The Morgan fingerprint density at radius 2 is 1.91 bits per heavy atom. The molecule has 3 aromatic heterocycles. The minimum Gasteiger partial charge on any atom is -0.355 e. The first-order valence-corrected chi connectivity index (χ1v) is 11.5. The van der Waals surface area contributed by atoms with Gasteiger partial charge < -0.3 is 10.6 Å². The molecule has 0 saturated carbocycles. The van der Waals surface area contributed by atoms with Crippen LogP contribution in [-0.2, 0) is 6.42 Å². The molecule has 1 aromatic carbocycles. The standard InChI is InChI=1S/C26H27FN6/c1-16-13-18-14-26(24(28)20(18)15-29-16)8-11-32(12-9-26)25-22-7-10-30-33(22)23(17(2)31-25)19-5-3-4-6-21(19)27/h3-7,10,13,15,24H,8-9,11-12,14,28H2,1-2H3/t24-/m1/s1. The molecule has 33 heavy (non-hydrogen) atoms. The van der Waals surface area contributed by atoms with Gasteiger partial charge in [-0.2, -0.15) is 5.10 Å². The van der Waals surface area contributed by atoms with E-state index in [9.17, 15) is 4.39 Å². The van der Waals surface area contributed by atoms with Crippen molar-refractivity contribution in [1.29, 1.82) is 0 Å². The fourth-order valence-electron chi connectivity index (χ4n) is 5.80. The molecule has 1 aliphatic carbocycles. The van der Waals surface area contributed by atoms with Gasteiger partial charge in [-0.05, 0) is 73.9 Å². The summed E-state index contributed by atoms with van der Waals surface area (Å²) in [6, 6.07) is 11.0. The van der Waals surface area contributed by atoms with Crippen LogP contribution in [0.1, 0.15) is 41.4 Å². The number of nitrogens with two attached hydrogens (primary N) is 1. The van der Waals surface area contributed by atoms with Crippen LogP contribution in [0, 0.1) is 25.1 Å². The predicted molar refractivity (Wildman–Crippen MR) is 127 cm³/mol. The smallest absolute Gasteiger partial charge is 0.155 e. The first-order valence-electron chi connectivity index (χ1n) is 11.5. The molecule has 4 aromatic rings. The van der Waals surface area contributed by atoms with E-state index in [0.29, 0.717) is 11.3 Å². The fraction of sp³-hybridized carbons (Fsp3) is 0.346. The van der Waals surface area contributed by atoms with Crippen LogP contribution in [0.3, 0.4) is 0 Å². The molecule has 0 amide bonds. The zero-order chi connectivity index (χ0) is 22.7. The Kier molecular flexibility index (Phi) is 4.52. The summed E-state index contributed by atoms with van der Waals surface area (Å²) in [6.45, 7) is 5.72. The van der Waals surface area contributed by atoms with Crippen molar-refractivity contribution in [2.45, 2.75) is 39.2 Å². The Hall–Kier alpha value is -3.32. The fourth-order valence-corrected chi connectivity index (χ4v) is 5.80. The van der Waals surface area contributed by atoms with Gasteiger partial charge in [-0.3, -0.25) is 4.98 Å².